The van der Waals surface area contributed by atoms with E-state index in [9.17, 15) is 0 Å². The van der Waals surface area contributed by atoms with Crippen molar-refractivity contribution in [2.24, 2.45) is 0 Å². The first-order valence-electron chi connectivity index (χ1n) is 8.52. The van der Waals surface area contributed by atoms with Crippen LogP contribution >= 0.6 is 11.3 Å². The summed E-state index contributed by atoms with van der Waals surface area (Å²) in [5.41, 5.74) is 0.999. The summed E-state index contributed by atoms with van der Waals surface area (Å²) in [7, 11) is 0. The Hall–Kier alpha value is -1.57. The molecule has 0 radical (unpaired) electrons. The first kappa shape index (κ1) is 15.9. The van der Waals surface area contributed by atoms with E-state index in [1.54, 1.807) is 11.3 Å². The molecule has 0 N–H and O–H groups in total. The van der Waals surface area contributed by atoms with Gasteiger partial charge in [0.25, 0.3) is 0 Å². The van der Waals surface area contributed by atoms with E-state index in [4.69, 9.17) is 4.74 Å². The fourth-order valence-corrected chi connectivity index (χ4v) is 4.24. The van der Waals surface area contributed by atoms with Gasteiger partial charge in [-0.05, 0) is 25.8 Å². The number of ether oxygens (including phenoxy) is 1. The van der Waals surface area contributed by atoms with Crippen LogP contribution in [0.4, 0.5) is 5.95 Å². The molecule has 2 aromatic heterocycles. The largest absolute Gasteiger partial charge is 0.372 e. The summed E-state index contributed by atoms with van der Waals surface area (Å²) < 4.78 is 6.24. The number of hydrogen-bond acceptors (Lipinski definition) is 7. The van der Waals surface area contributed by atoms with Gasteiger partial charge in [-0.2, -0.15) is 0 Å². The van der Waals surface area contributed by atoms with Gasteiger partial charge in [0.1, 0.15) is 5.01 Å². The van der Waals surface area contributed by atoms with E-state index < -0.39 is 0 Å². The molecule has 2 aromatic rings. The monoisotopic (exact) mass is 345 g/mol. The smallest absolute Gasteiger partial charge is 0.225 e. The molecular formula is C17H23N5OS. The summed E-state index contributed by atoms with van der Waals surface area (Å²) in [5, 5.41) is 3.24. The normalized spacial score (nSPS) is 21.3. The molecule has 2 aliphatic heterocycles. The minimum Gasteiger partial charge on any atom is -0.372 e. The molecule has 2 saturated heterocycles. The quantitative estimate of drug-likeness (QED) is 0.849. The Kier molecular flexibility index (Phi) is 4.47. The highest BCUT2D eigenvalue weighted by Gasteiger charge is 2.40. The number of thiazole rings is 1. The van der Waals surface area contributed by atoms with Gasteiger partial charge in [0, 0.05) is 49.6 Å². The highest BCUT2D eigenvalue weighted by atomic mass is 32.1. The molecule has 0 amide bonds. The second kappa shape index (κ2) is 6.74. The van der Waals surface area contributed by atoms with Crippen molar-refractivity contribution in [1.29, 1.82) is 0 Å². The third kappa shape index (κ3) is 3.43. The molecule has 4 rings (SSSR count). The van der Waals surface area contributed by atoms with E-state index in [0.717, 1.165) is 63.8 Å². The van der Waals surface area contributed by atoms with E-state index in [1.165, 1.54) is 5.01 Å². The summed E-state index contributed by atoms with van der Waals surface area (Å²) in [4.78, 5) is 18.2. The number of hydrogen-bond donors (Lipinski definition) is 0. The summed E-state index contributed by atoms with van der Waals surface area (Å²) in [5.74, 6) is 0.848. The number of piperidine rings is 1. The van der Waals surface area contributed by atoms with Crippen LogP contribution in [0, 0.1) is 6.92 Å². The van der Waals surface area contributed by atoms with Crippen LogP contribution in [0.25, 0.3) is 0 Å². The van der Waals surface area contributed by atoms with Gasteiger partial charge in [0.2, 0.25) is 5.95 Å². The minimum atomic E-state index is -0.0180. The maximum atomic E-state index is 6.24. The Labute approximate surface area is 146 Å². The first-order chi connectivity index (χ1) is 11.7. The molecule has 0 unspecified atom stereocenters. The SMILES string of the molecule is Cc1ccnc(N2CCC3(CC2)CN(Cc2nccs2)CCO3)n1. The Bertz CT molecular complexity index is 669. The van der Waals surface area contributed by atoms with Crippen molar-refractivity contribution in [3.8, 4) is 0 Å². The number of anilines is 1. The molecule has 2 fully saturated rings. The lowest BCUT2D eigenvalue weighted by Crippen LogP contribution is -2.56. The lowest BCUT2D eigenvalue weighted by atomic mass is 9.89. The summed E-state index contributed by atoms with van der Waals surface area (Å²) in [6.45, 7) is 7.65. The van der Waals surface area contributed by atoms with Crippen molar-refractivity contribution in [2.75, 3.05) is 37.7 Å². The standard InChI is InChI=1S/C17H23N5OS/c1-14-2-5-19-16(20-14)22-7-3-17(4-8-22)13-21(9-10-23-17)12-15-18-6-11-24-15/h2,5-6,11H,3-4,7-10,12-13H2,1H3. The van der Waals surface area contributed by atoms with E-state index in [1.807, 2.05) is 30.8 Å². The van der Waals surface area contributed by atoms with Gasteiger partial charge in [-0.3, -0.25) is 4.90 Å². The fourth-order valence-electron chi connectivity index (χ4n) is 3.59. The Morgan fingerprint density at radius 3 is 2.83 bits per heavy atom. The zero-order valence-corrected chi connectivity index (χ0v) is 14.8. The Morgan fingerprint density at radius 2 is 2.08 bits per heavy atom. The molecule has 1 spiro atoms. The lowest BCUT2D eigenvalue weighted by molar-refractivity contribution is -0.122. The third-order valence-corrected chi connectivity index (χ3v) is 5.67. The number of aryl methyl sites for hydroxylation is 1. The van der Waals surface area contributed by atoms with Crippen LogP contribution in [0.1, 0.15) is 23.5 Å². The topological polar surface area (TPSA) is 54.4 Å². The molecule has 128 valence electrons. The number of rotatable bonds is 3. The van der Waals surface area contributed by atoms with Gasteiger partial charge in [-0.15, -0.1) is 11.3 Å². The van der Waals surface area contributed by atoms with Gasteiger partial charge >= 0.3 is 0 Å². The maximum absolute atomic E-state index is 6.24. The van der Waals surface area contributed by atoms with Crippen molar-refractivity contribution in [3.05, 3.63) is 34.5 Å². The lowest BCUT2D eigenvalue weighted by Gasteiger charge is -2.47. The van der Waals surface area contributed by atoms with Gasteiger partial charge in [-0.25, -0.2) is 15.0 Å². The maximum Gasteiger partial charge on any atom is 0.225 e. The number of morpholine rings is 1. The van der Waals surface area contributed by atoms with Crippen LogP contribution < -0.4 is 4.90 Å². The summed E-state index contributed by atoms with van der Waals surface area (Å²) in [6, 6.07) is 1.94. The van der Waals surface area contributed by atoms with Gasteiger partial charge < -0.3 is 9.64 Å². The zero-order chi connectivity index (χ0) is 16.4. The molecule has 4 heterocycles. The molecule has 0 atom stereocenters. The minimum absolute atomic E-state index is 0.0180. The second-order valence-corrected chi connectivity index (χ2v) is 7.63. The van der Waals surface area contributed by atoms with Crippen LogP contribution in [0.15, 0.2) is 23.8 Å². The molecule has 6 nitrogen and oxygen atoms in total. The third-order valence-electron chi connectivity index (χ3n) is 4.91. The van der Waals surface area contributed by atoms with Gasteiger partial charge in [0.15, 0.2) is 0 Å². The predicted molar refractivity (Wildman–Crippen MR) is 94.3 cm³/mol. The Balaban J connectivity index is 1.38. The number of aromatic nitrogens is 3. The molecular weight excluding hydrogens is 322 g/mol. The highest BCUT2D eigenvalue weighted by Crippen LogP contribution is 2.32. The van der Waals surface area contributed by atoms with Gasteiger partial charge in [0.05, 0.1) is 18.8 Å². The highest BCUT2D eigenvalue weighted by molar-refractivity contribution is 7.09. The van der Waals surface area contributed by atoms with Crippen LogP contribution in [0.5, 0.6) is 0 Å². The first-order valence-corrected chi connectivity index (χ1v) is 9.40. The van der Waals surface area contributed by atoms with Crippen molar-refractivity contribution in [1.82, 2.24) is 19.9 Å². The van der Waals surface area contributed by atoms with E-state index in [0.29, 0.717) is 0 Å². The van der Waals surface area contributed by atoms with Crippen molar-refractivity contribution in [2.45, 2.75) is 31.9 Å². The zero-order valence-electron chi connectivity index (χ0n) is 14.0. The fraction of sp³-hybridized carbons (Fsp3) is 0.588. The van der Waals surface area contributed by atoms with Crippen LogP contribution in [-0.2, 0) is 11.3 Å². The molecule has 24 heavy (non-hydrogen) atoms. The summed E-state index contributed by atoms with van der Waals surface area (Å²) in [6.07, 6.45) is 5.78. The molecule has 2 aliphatic rings. The van der Waals surface area contributed by atoms with Crippen LogP contribution in [0.2, 0.25) is 0 Å². The van der Waals surface area contributed by atoms with Crippen molar-refractivity contribution < 1.29 is 4.74 Å². The van der Waals surface area contributed by atoms with Crippen LogP contribution in [-0.4, -0.2) is 58.2 Å². The summed E-state index contributed by atoms with van der Waals surface area (Å²) >= 11 is 1.73. The average molecular weight is 345 g/mol. The van der Waals surface area contributed by atoms with E-state index >= 15 is 0 Å². The molecule has 0 saturated carbocycles. The molecule has 0 aliphatic carbocycles. The van der Waals surface area contributed by atoms with Crippen molar-refractivity contribution in [3.63, 3.8) is 0 Å². The molecule has 7 heteroatoms. The Morgan fingerprint density at radius 1 is 1.21 bits per heavy atom. The van der Waals surface area contributed by atoms with E-state index in [-0.39, 0.29) is 5.60 Å². The van der Waals surface area contributed by atoms with Crippen molar-refractivity contribution >= 4 is 17.3 Å². The van der Waals surface area contributed by atoms with Gasteiger partial charge in [-0.1, -0.05) is 0 Å². The van der Waals surface area contributed by atoms with E-state index in [2.05, 4.69) is 24.8 Å². The average Bonchev–Trinajstić information content (AvgIpc) is 3.09. The predicted octanol–water partition coefficient (Wildman–Crippen LogP) is 2.11. The molecule has 0 bridgehead atoms. The number of nitrogens with zero attached hydrogens (tertiary/aromatic N) is 5. The van der Waals surface area contributed by atoms with Crippen LogP contribution in [0.3, 0.4) is 0 Å². The molecule has 0 aromatic carbocycles. The second-order valence-electron chi connectivity index (χ2n) is 6.65.